The van der Waals surface area contributed by atoms with E-state index >= 15 is 0 Å². The second-order valence-electron chi connectivity index (χ2n) is 5.87. The first-order valence-corrected chi connectivity index (χ1v) is 10.4. The second-order valence-corrected chi connectivity index (χ2v) is 8.52. The fourth-order valence-electron chi connectivity index (χ4n) is 2.51. The fourth-order valence-corrected chi connectivity index (χ4v) is 4.54. The Kier molecular flexibility index (Phi) is 6.61. The van der Waals surface area contributed by atoms with Crippen molar-refractivity contribution < 1.29 is 19.5 Å². The molecule has 28 heavy (non-hydrogen) atoms. The number of anilines is 1. The summed E-state index contributed by atoms with van der Waals surface area (Å²) in [6.45, 7) is 0.365. The summed E-state index contributed by atoms with van der Waals surface area (Å²) in [5.74, 6) is -1.63. The first kappa shape index (κ1) is 20.2. The molecule has 1 saturated heterocycles. The molecule has 0 radical (unpaired) electrons. The third-order valence-corrected chi connectivity index (χ3v) is 6.08. The van der Waals surface area contributed by atoms with Crippen molar-refractivity contribution in [3.05, 3.63) is 57.1 Å². The molecule has 0 atom stereocenters. The molecule has 2 aromatic rings. The average Bonchev–Trinajstić information content (AvgIpc) is 3.26. The van der Waals surface area contributed by atoms with E-state index in [2.05, 4.69) is 5.32 Å². The largest absolute Gasteiger partial charge is 0.545 e. The Hall–Kier alpha value is -2.49. The van der Waals surface area contributed by atoms with Gasteiger partial charge in [0.05, 0.1) is 10.9 Å². The Morgan fingerprint density at radius 1 is 1.21 bits per heavy atom. The summed E-state index contributed by atoms with van der Waals surface area (Å²) in [6, 6.07) is 9.58. The highest BCUT2D eigenvalue weighted by Crippen LogP contribution is 2.33. The van der Waals surface area contributed by atoms with E-state index in [1.807, 2.05) is 23.6 Å². The Morgan fingerprint density at radius 2 is 1.96 bits per heavy atom. The van der Waals surface area contributed by atoms with Crippen LogP contribution in [-0.2, 0) is 9.59 Å². The van der Waals surface area contributed by atoms with Gasteiger partial charge in [-0.1, -0.05) is 42.2 Å². The van der Waals surface area contributed by atoms with E-state index in [0.717, 1.165) is 4.88 Å². The van der Waals surface area contributed by atoms with Crippen LogP contribution in [0.3, 0.4) is 0 Å². The predicted molar refractivity (Wildman–Crippen MR) is 113 cm³/mol. The van der Waals surface area contributed by atoms with Crippen LogP contribution >= 0.6 is 35.3 Å². The minimum atomic E-state index is -1.27. The number of nitrogens with one attached hydrogen (secondary N) is 1. The molecule has 0 spiro atoms. The standard InChI is InChI=1S/C19H16N2O4S3/c22-16(20-13-7-5-12(6-8-13)18(24)25)4-1-9-21-17(23)15(28-19(21)26)11-14-3-2-10-27-14/h2-3,5-8,10-11H,1,4,9H2,(H,20,22)(H,24,25)/p-1/b15-11+. The lowest BCUT2D eigenvalue weighted by Crippen LogP contribution is -2.29. The topological polar surface area (TPSA) is 89.5 Å². The van der Waals surface area contributed by atoms with Crippen molar-refractivity contribution >= 4 is 69.2 Å². The van der Waals surface area contributed by atoms with Crippen LogP contribution in [0.4, 0.5) is 5.69 Å². The summed E-state index contributed by atoms with van der Waals surface area (Å²) in [4.78, 5) is 38.4. The van der Waals surface area contributed by atoms with Crippen LogP contribution in [-0.4, -0.2) is 33.5 Å². The van der Waals surface area contributed by atoms with Gasteiger partial charge in [-0.25, -0.2) is 0 Å². The molecule has 2 amide bonds. The quantitative estimate of drug-likeness (QED) is 0.536. The van der Waals surface area contributed by atoms with Gasteiger partial charge in [-0.15, -0.1) is 11.3 Å². The number of nitrogens with zero attached hydrogens (tertiary/aromatic N) is 1. The van der Waals surface area contributed by atoms with Crippen LogP contribution in [0.5, 0.6) is 0 Å². The molecule has 1 aromatic heterocycles. The van der Waals surface area contributed by atoms with Gasteiger partial charge in [0.2, 0.25) is 5.91 Å². The molecule has 0 bridgehead atoms. The maximum absolute atomic E-state index is 12.5. The molecule has 1 fully saturated rings. The summed E-state index contributed by atoms with van der Waals surface area (Å²) < 4.78 is 0.492. The van der Waals surface area contributed by atoms with E-state index in [-0.39, 0.29) is 23.8 Å². The molecule has 2 heterocycles. The summed E-state index contributed by atoms with van der Waals surface area (Å²) in [6.07, 6.45) is 2.50. The lowest BCUT2D eigenvalue weighted by Gasteiger charge is -2.14. The lowest BCUT2D eigenvalue weighted by molar-refractivity contribution is -0.255. The molecule has 6 nitrogen and oxygen atoms in total. The number of hydrogen-bond donors (Lipinski definition) is 1. The van der Waals surface area contributed by atoms with E-state index in [0.29, 0.717) is 27.9 Å². The minimum absolute atomic E-state index is 0.0444. The van der Waals surface area contributed by atoms with Gasteiger partial charge in [0.1, 0.15) is 4.32 Å². The summed E-state index contributed by atoms with van der Waals surface area (Å²) in [7, 11) is 0. The molecule has 0 unspecified atom stereocenters. The number of hydrogen-bond acceptors (Lipinski definition) is 7. The number of carbonyl (C=O) groups excluding carboxylic acids is 3. The molecule has 0 saturated carbocycles. The average molecular weight is 432 g/mol. The van der Waals surface area contributed by atoms with Crippen LogP contribution in [0.15, 0.2) is 46.7 Å². The van der Waals surface area contributed by atoms with Gasteiger partial charge in [0, 0.05) is 23.5 Å². The molecule has 1 N–H and O–H groups in total. The normalized spacial score (nSPS) is 15.3. The highest BCUT2D eigenvalue weighted by Gasteiger charge is 2.31. The fraction of sp³-hybridized carbons (Fsp3) is 0.158. The summed E-state index contributed by atoms with van der Waals surface area (Å²) >= 11 is 8.10. The maximum Gasteiger partial charge on any atom is 0.266 e. The molecule has 1 aromatic carbocycles. The van der Waals surface area contributed by atoms with E-state index in [1.165, 1.54) is 40.9 Å². The predicted octanol–water partition coefficient (Wildman–Crippen LogP) is 2.73. The number of aromatic carboxylic acids is 1. The van der Waals surface area contributed by atoms with E-state index in [1.54, 1.807) is 11.3 Å². The Bertz CT molecular complexity index is 937. The van der Waals surface area contributed by atoms with Crippen molar-refractivity contribution in [2.75, 3.05) is 11.9 Å². The highest BCUT2D eigenvalue weighted by atomic mass is 32.2. The van der Waals surface area contributed by atoms with Crippen molar-refractivity contribution in [1.82, 2.24) is 4.90 Å². The van der Waals surface area contributed by atoms with Crippen molar-refractivity contribution in [3.63, 3.8) is 0 Å². The Balaban J connectivity index is 1.49. The molecular formula is C19H15N2O4S3-. The second kappa shape index (κ2) is 9.13. The number of carbonyl (C=O) groups is 3. The van der Waals surface area contributed by atoms with Crippen molar-refractivity contribution in [2.45, 2.75) is 12.8 Å². The van der Waals surface area contributed by atoms with Gasteiger partial charge in [-0.3, -0.25) is 14.5 Å². The third kappa shape index (κ3) is 5.06. The molecule has 1 aliphatic heterocycles. The minimum Gasteiger partial charge on any atom is -0.545 e. The van der Waals surface area contributed by atoms with Gasteiger partial charge in [0.25, 0.3) is 5.91 Å². The van der Waals surface area contributed by atoms with E-state index < -0.39 is 5.97 Å². The Morgan fingerprint density at radius 3 is 2.61 bits per heavy atom. The van der Waals surface area contributed by atoms with Crippen molar-refractivity contribution in [3.8, 4) is 0 Å². The number of thiocarbonyl (C=S) groups is 1. The highest BCUT2D eigenvalue weighted by molar-refractivity contribution is 8.26. The SMILES string of the molecule is O=C(CCCN1C(=O)/C(=C\c2cccs2)SC1=S)Nc1ccc(C(=O)[O-])cc1. The van der Waals surface area contributed by atoms with Crippen molar-refractivity contribution in [2.24, 2.45) is 0 Å². The number of thiophene rings is 1. The van der Waals surface area contributed by atoms with Crippen LogP contribution in [0, 0.1) is 0 Å². The number of rotatable bonds is 7. The molecule has 144 valence electrons. The van der Waals surface area contributed by atoms with Gasteiger partial charge in [-0.05, 0) is 41.6 Å². The molecule has 3 rings (SSSR count). The zero-order valence-corrected chi connectivity index (χ0v) is 17.0. The molecule has 1 aliphatic rings. The number of carboxylic acids is 1. The molecular weight excluding hydrogens is 416 g/mol. The van der Waals surface area contributed by atoms with Gasteiger partial charge in [-0.2, -0.15) is 0 Å². The molecule has 9 heteroatoms. The number of carboxylic acid groups (broad SMARTS) is 1. The van der Waals surface area contributed by atoms with Crippen LogP contribution in [0.2, 0.25) is 0 Å². The summed E-state index contributed by atoms with van der Waals surface area (Å²) in [5.41, 5.74) is 0.544. The maximum atomic E-state index is 12.5. The smallest absolute Gasteiger partial charge is 0.266 e. The zero-order chi connectivity index (χ0) is 20.1. The van der Waals surface area contributed by atoms with Crippen LogP contribution in [0.1, 0.15) is 28.1 Å². The monoisotopic (exact) mass is 431 g/mol. The first-order chi connectivity index (χ1) is 13.4. The molecule has 0 aliphatic carbocycles. The van der Waals surface area contributed by atoms with Gasteiger partial charge in [0.15, 0.2) is 0 Å². The lowest BCUT2D eigenvalue weighted by atomic mass is 10.2. The Labute approximate surface area is 175 Å². The van der Waals surface area contributed by atoms with Crippen LogP contribution in [0.25, 0.3) is 6.08 Å². The van der Waals surface area contributed by atoms with E-state index in [4.69, 9.17) is 12.2 Å². The van der Waals surface area contributed by atoms with Gasteiger partial charge >= 0.3 is 0 Å². The number of thioether (sulfide) groups is 1. The van der Waals surface area contributed by atoms with Crippen LogP contribution < -0.4 is 10.4 Å². The van der Waals surface area contributed by atoms with Gasteiger partial charge < -0.3 is 15.2 Å². The number of benzene rings is 1. The summed E-state index contributed by atoms with van der Waals surface area (Å²) in [5, 5.41) is 15.4. The van der Waals surface area contributed by atoms with Crippen molar-refractivity contribution in [1.29, 1.82) is 0 Å². The first-order valence-electron chi connectivity index (χ1n) is 8.34. The van der Waals surface area contributed by atoms with E-state index in [9.17, 15) is 19.5 Å². The third-order valence-electron chi connectivity index (χ3n) is 3.88. The zero-order valence-electron chi connectivity index (χ0n) is 14.5. The number of amides is 2.